The number of β-amino-alcohol motifs (C(OH)–C–C–N with tert-alkyl or cyclic N) is 1. The van der Waals surface area contributed by atoms with Crippen LogP contribution in [0.3, 0.4) is 0 Å². The number of halogens is 5. The highest BCUT2D eigenvalue weighted by Crippen LogP contribution is 2.27. The molecular weight excluding hydrogens is 534 g/mol. The summed E-state index contributed by atoms with van der Waals surface area (Å²) in [6.07, 6.45) is -3.79. The lowest BCUT2D eigenvalue weighted by Gasteiger charge is -2.34. The Bertz CT molecular complexity index is 1110. The summed E-state index contributed by atoms with van der Waals surface area (Å²) in [5.74, 6) is -4.35. The molecular formula is C25H28ClF4N3O5. The predicted molar refractivity (Wildman–Crippen MR) is 132 cm³/mol. The molecule has 0 amide bonds. The lowest BCUT2D eigenvalue weighted by molar-refractivity contribution is -0.192. The second kappa shape index (κ2) is 12.7. The number of nitrogens with zero attached hydrogens (tertiary/aromatic N) is 2. The summed E-state index contributed by atoms with van der Waals surface area (Å²) in [5.41, 5.74) is 1.60. The molecule has 8 nitrogen and oxygen atoms in total. The molecule has 0 saturated carbocycles. The van der Waals surface area contributed by atoms with Gasteiger partial charge in [0, 0.05) is 30.7 Å². The predicted octanol–water partition coefficient (Wildman–Crippen LogP) is 3.61. The van der Waals surface area contributed by atoms with Crippen molar-refractivity contribution in [3.05, 3.63) is 64.4 Å². The van der Waals surface area contributed by atoms with Gasteiger partial charge in [-0.05, 0) is 61.8 Å². The summed E-state index contributed by atoms with van der Waals surface area (Å²) in [7, 11) is 0. The van der Waals surface area contributed by atoms with Gasteiger partial charge in [0.2, 0.25) is 0 Å². The van der Waals surface area contributed by atoms with Gasteiger partial charge in [0.15, 0.2) is 0 Å². The van der Waals surface area contributed by atoms with E-state index in [-0.39, 0.29) is 24.2 Å². The van der Waals surface area contributed by atoms with Crippen molar-refractivity contribution < 1.29 is 42.5 Å². The number of carboxylic acids is 2. The van der Waals surface area contributed by atoms with Gasteiger partial charge in [-0.15, -0.1) is 0 Å². The number of hydrogen-bond donors (Lipinski definition) is 4. The first-order valence-electron chi connectivity index (χ1n) is 11.8. The first-order valence-corrected chi connectivity index (χ1v) is 12.2. The highest BCUT2D eigenvalue weighted by atomic mass is 35.5. The maximum Gasteiger partial charge on any atom is 0.490 e. The molecule has 0 spiro atoms. The van der Waals surface area contributed by atoms with Crippen LogP contribution in [0.2, 0.25) is 5.02 Å². The zero-order valence-corrected chi connectivity index (χ0v) is 20.9. The van der Waals surface area contributed by atoms with Crippen LogP contribution in [-0.2, 0) is 11.3 Å². The zero-order valence-electron chi connectivity index (χ0n) is 20.2. The first kappa shape index (κ1) is 29.6. The molecule has 208 valence electrons. The molecule has 4 N–H and O–H groups in total. The van der Waals surface area contributed by atoms with Crippen LogP contribution in [0, 0.1) is 5.82 Å². The number of aliphatic carboxylic acids is 1. The number of rotatable bonds is 6. The van der Waals surface area contributed by atoms with E-state index in [0.29, 0.717) is 12.2 Å². The van der Waals surface area contributed by atoms with Crippen molar-refractivity contribution in [1.29, 1.82) is 0 Å². The number of anilines is 1. The Morgan fingerprint density at radius 1 is 1.03 bits per heavy atom. The van der Waals surface area contributed by atoms with E-state index in [1.807, 2.05) is 24.3 Å². The van der Waals surface area contributed by atoms with Crippen LogP contribution >= 0.6 is 11.6 Å². The molecule has 38 heavy (non-hydrogen) atoms. The van der Waals surface area contributed by atoms with Crippen molar-refractivity contribution in [3.8, 4) is 0 Å². The number of aliphatic hydroxyl groups is 1. The Morgan fingerprint density at radius 3 is 2.18 bits per heavy atom. The van der Waals surface area contributed by atoms with Crippen molar-refractivity contribution in [2.75, 3.05) is 31.1 Å². The summed E-state index contributed by atoms with van der Waals surface area (Å²) in [6.45, 7) is 3.52. The van der Waals surface area contributed by atoms with Crippen LogP contribution in [-0.4, -0.2) is 82.7 Å². The number of nitrogens with one attached hydrogen (secondary N) is 1. The van der Waals surface area contributed by atoms with E-state index in [2.05, 4.69) is 10.2 Å². The van der Waals surface area contributed by atoms with E-state index >= 15 is 0 Å². The van der Waals surface area contributed by atoms with E-state index in [1.165, 1.54) is 17.7 Å². The molecule has 0 bridgehead atoms. The van der Waals surface area contributed by atoms with Crippen molar-refractivity contribution in [2.24, 2.45) is 0 Å². The molecule has 0 aliphatic carbocycles. The van der Waals surface area contributed by atoms with Gasteiger partial charge in [-0.3, -0.25) is 4.90 Å². The molecule has 2 aromatic carbocycles. The van der Waals surface area contributed by atoms with E-state index in [4.69, 9.17) is 21.5 Å². The van der Waals surface area contributed by atoms with Crippen LogP contribution in [0.1, 0.15) is 28.8 Å². The average Bonchev–Trinajstić information content (AvgIpc) is 3.21. The number of carboxylic acid groups (broad SMARTS) is 2. The van der Waals surface area contributed by atoms with Gasteiger partial charge in [0.25, 0.3) is 0 Å². The maximum atomic E-state index is 13.7. The molecule has 2 fully saturated rings. The number of carbonyl (C=O) groups is 2. The Kier molecular flexibility index (Phi) is 9.94. The lowest BCUT2D eigenvalue weighted by atomic mass is 10.0. The number of benzene rings is 2. The number of likely N-dealkylation sites (tertiary alicyclic amines) is 1. The molecule has 2 atom stereocenters. The van der Waals surface area contributed by atoms with E-state index < -0.39 is 30.0 Å². The Hall–Kier alpha value is -2.93. The van der Waals surface area contributed by atoms with Gasteiger partial charge < -0.3 is 25.5 Å². The second-order valence-corrected chi connectivity index (χ2v) is 9.63. The molecule has 4 rings (SSSR count). The highest BCUT2D eigenvalue weighted by Gasteiger charge is 2.38. The summed E-state index contributed by atoms with van der Waals surface area (Å²) in [5, 5.41) is 31.4. The minimum absolute atomic E-state index is 0.0461. The Morgan fingerprint density at radius 2 is 1.63 bits per heavy atom. The molecule has 0 radical (unpaired) electrons. The normalized spacial score (nSPS) is 20.6. The van der Waals surface area contributed by atoms with Crippen LogP contribution in [0.5, 0.6) is 0 Å². The smallest absolute Gasteiger partial charge is 0.478 e. The van der Waals surface area contributed by atoms with Gasteiger partial charge in [-0.1, -0.05) is 23.7 Å². The fraction of sp³-hybridized carbons (Fsp3) is 0.440. The quantitative estimate of drug-likeness (QED) is 0.396. The third-order valence-corrected chi connectivity index (χ3v) is 6.67. The van der Waals surface area contributed by atoms with Crippen LogP contribution < -0.4 is 10.2 Å². The molecule has 1 unspecified atom stereocenters. The molecule has 13 heteroatoms. The Labute approximate surface area is 221 Å². The number of aromatic carboxylic acids is 1. The Balaban J connectivity index is 0.000000505. The third-order valence-electron chi connectivity index (χ3n) is 6.42. The number of piperidine rings is 1. The largest absolute Gasteiger partial charge is 0.490 e. The van der Waals surface area contributed by atoms with Gasteiger partial charge >= 0.3 is 18.1 Å². The summed E-state index contributed by atoms with van der Waals surface area (Å²) in [4.78, 5) is 24.6. The van der Waals surface area contributed by atoms with E-state index in [0.717, 1.165) is 43.6 Å². The molecule has 0 aromatic heterocycles. The van der Waals surface area contributed by atoms with Crippen LogP contribution in [0.4, 0.5) is 23.2 Å². The first-order chi connectivity index (χ1) is 17.8. The summed E-state index contributed by atoms with van der Waals surface area (Å²) in [6, 6.07) is 11.7. The fourth-order valence-electron chi connectivity index (χ4n) is 4.50. The van der Waals surface area contributed by atoms with Crippen LogP contribution in [0.25, 0.3) is 0 Å². The number of alkyl halides is 3. The van der Waals surface area contributed by atoms with Crippen LogP contribution in [0.15, 0.2) is 42.5 Å². The van der Waals surface area contributed by atoms with E-state index in [9.17, 15) is 32.6 Å². The molecule has 2 aromatic rings. The zero-order chi connectivity index (χ0) is 28.0. The average molecular weight is 562 g/mol. The lowest BCUT2D eigenvalue weighted by Crippen LogP contribution is -2.49. The molecule has 2 aliphatic rings. The standard InChI is InChI=1S/C23H27ClFN3O3.C2HF3O2/c24-16-3-1-15(2-4-16)12-27-9-7-18(8-10-27)26-20-13-28(14-22(20)29)21-11-17(25)5-6-19(21)23(30)31;3-2(4,5)1(6)7/h1-6,11,18,20,22,26,29H,7-10,12-14H2,(H,30,31);(H,6,7)/t20?,22-;/m1./s1. The third kappa shape index (κ3) is 8.29. The monoisotopic (exact) mass is 561 g/mol. The number of aliphatic hydroxyl groups excluding tert-OH is 1. The second-order valence-electron chi connectivity index (χ2n) is 9.19. The number of hydrogen-bond acceptors (Lipinski definition) is 6. The fourth-order valence-corrected chi connectivity index (χ4v) is 4.63. The maximum absolute atomic E-state index is 13.7. The van der Waals surface area contributed by atoms with Crippen molar-refractivity contribution in [1.82, 2.24) is 10.2 Å². The highest BCUT2D eigenvalue weighted by molar-refractivity contribution is 6.30. The van der Waals surface area contributed by atoms with Crippen molar-refractivity contribution in [3.63, 3.8) is 0 Å². The van der Waals surface area contributed by atoms with Gasteiger partial charge in [-0.25, -0.2) is 14.0 Å². The summed E-state index contributed by atoms with van der Waals surface area (Å²) < 4.78 is 45.5. The van der Waals surface area contributed by atoms with Gasteiger partial charge in [0.05, 0.1) is 23.4 Å². The van der Waals surface area contributed by atoms with Gasteiger partial charge in [0.1, 0.15) is 5.82 Å². The minimum Gasteiger partial charge on any atom is -0.478 e. The van der Waals surface area contributed by atoms with E-state index in [1.54, 1.807) is 4.90 Å². The minimum atomic E-state index is -5.08. The van der Waals surface area contributed by atoms with Gasteiger partial charge in [-0.2, -0.15) is 13.2 Å². The molecule has 2 heterocycles. The molecule has 2 aliphatic heterocycles. The topological polar surface area (TPSA) is 113 Å². The molecule has 2 saturated heterocycles. The van der Waals surface area contributed by atoms with Crippen molar-refractivity contribution >= 4 is 29.2 Å². The van der Waals surface area contributed by atoms with Crippen molar-refractivity contribution in [2.45, 2.75) is 43.8 Å². The SMILES string of the molecule is O=C(O)C(F)(F)F.O=C(O)c1ccc(F)cc1N1CC(NC2CCN(Cc3ccc(Cl)cc3)CC2)[C@H](O)C1. The summed E-state index contributed by atoms with van der Waals surface area (Å²) >= 11 is 5.95.